The standard InChI is InChI=1S/C16H29N3O3.ClH/c1-4-8-18-12(20)7-9-19-14(21)16(17)11-6-5-10-22-13(11)15(16,2)3;/h11,13H,4-10,17H2,1-3H3,(H,18,20)(H,19,21);1H. The van der Waals surface area contributed by atoms with Crippen LogP contribution < -0.4 is 16.4 Å². The van der Waals surface area contributed by atoms with Gasteiger partial charge in [0.15, 0.2) is 0 Å². The third-order valence-electron chi connectivity index (χ3n) is 5.27. The fraction of sp³-hybridized carbons (Fsp3) is 0.875. The van der Waals surface area contributed by atoms with Crippen molar-refractivity contribution in [2.45, 2.75) is 58.1 Å². The Morgan fingerprint density at radius 1 is 1.26 bits per heavy atom. The molecule has 0 radical (unpaired) electrons. The van der Waals surface area contributed by atoms with Crippen molar-refractivity contribution in [3.05, 3.63) is 0 Å². The van der Waals surface area contributed by atoms with Gasteiger partial charge in [-0.1, -0.05) is 20.8 Å². The minimum Gasteiger partial charge on any atom is -0.377 e. The predicted molar refractivity (Wildman–Crippen MR) is 91.3 cm³/mol. The monoisotopic (exact) mass is 347 g/mol. The van der Waals surface area contributed by atoms with Crippen LogP contribution in [0.4, 0.5) is 0 Å². The highest BCUT2D eigenvalue weighted by molar-refractivity contribution is 5.90. The van der Waals surface area contributed by atoms with Crippen LogP contribution in [0, 0.1) is 11.3 Å². The van der Waals surface area contributed by atoms with Gasteiger partial charge in [0.25, 0.3) is 0 Å². The average molecular weight is 348 g/mol. The van der Waals surface area contributed by atoms with E-state index >= 15 is 0 Å². The molecule has 3 atom stereocenters. The Morgan fingerprint density at radius 2 is 1.96 bits per heavy atom. The van der Waals surface area contributed by atoms with Gasteiger partial charge in [0.2, 0.25) is 11.8 Å². The van der Waals surface area contributed by atoms with Crippen LogP contribution in [0.1, 0.15) is 46.5 Å². The Morgan fingerprint density at radius 3 is 2.61 bits per heavy atom. The van der Waals surface area contributed by atoms with Crippen LogP contribution >= 0.6 is 12.4 Å². The fourth-order valence-electron chi connectivity index (χ4n) is 3.83. The van der Waals surface area contributed by atoms with E-state index in [0.717, 1.165) is 25.9 Å². The zero-order chi connectivity index (χ0) is 16.4. The van der Waals surface area contributed by atoms with Crippen molar-refractivity contribution in [2.75, 3.05) is 19.7 Å². The Hall–Kier alpha value is -0.850. The second-order valence-electron chi connectivity index (χ2n) is 6.99. The molecular formula is C16H30ClN3O3. The number of nitrogens with two attached hydrogens (primary N) is 1. The van der Waals surface area contributed by atoms with Gasteiger partial charge in [0.05, 0.1) is 6.10 Å². The molecule has 1 saturated heterocycles. The van der Waals surface area contributed by atoms with Crippen molar-refractivity contribution in [3.8, 4) is 0 Å². The molecule has 2 rings (SSSR count). The molecule has 0 aromatic rings. The number of nitrogens with one attached hydrogen (secondary N) is 2. The number of carbonyl (C=O) groups is 2. The Balaban J connectivity index is 0.00000264. The number of hydrogen-bond donors (Lipinski definition) is 3. The SMILES string of the molecule is CCCNC(=O)CCNC(=O)C1(N)C2CCCOC2C1(C)C.Cl. The number of fused-ring (bicyclic) bond motifs is 1. The number of rotatable bonds is 6. The summed E-state index contributed by atoms with van der Waals surface area (Å²) in [5, 5.41) is 5.63. The maximum Gasteiger partial charge on any atom is 0.241 e. The van der Waals surface area contributed by atoms with Crippen LogP contribution in [0.15, 0.2) is 0 Å². The smallest absolute Gasteiger partial charge is 0.241 e. The molecule has 4 N–H and O–H groups in total. The lowest BCUT2D eigenvalue weighted by Crippen LogP contribution is -2.82. The van der Waals surface area contributed by atoms with E-state index in [2.05, 4.69) is 10.6 Å². The molecular weight excluding hydrogens is 318 g/mol. The number of ether oxygens (including phenoxy) is 1. The number of hydrogen-bond acceptors (Lipinski definition) is 4. The first-order valence-electron chi connectivity index (χ1n) is 8.31. The second-order valence-corrected chi connectivity index (χ2v) is 6.99. The third-order valence-corrected chi connectivity index (χ3v) is 5.27. The molecule has 1 saturated carbocycles. The van der Waals surface area contributed by atoms with Gasteiger partial charge in [0.1, 0.15) is 5.54 Å². The summed E-state index contributed by atoms with van der Waals surface area (Å²) in [5.41, 5.74) is 5.20. The van der Waals surface area contributed by atoms with E-state index in [1.807, 2.05) is 20.8 Å². The second kappa shape index (κ2) is 7.81. The molecule has 134 valence electrons. The maximum absolute atomic E-state index is 12.6. The first kappa shape index (κ1) is 20.2. The van der Waals surface area contributed by atoms with Gasteiger partial charge >= 0.3 is 0 Å². The lowest BCUT2D eigenvalue weighted by atomic mass is 9.46. The van der Waals surface area contributed by atoms with E-state index in [0.29, 0.717) is 13.1 Å². The van der Waals surface area contributed by atoms with Gasteiger partial charge in [-0.25, -0.2) is 0 Å². The van der Waals surface area contributed by atoms with Crippen LogP contribution in [-0.2, 0) is 14.3 Å². The molecule has 0 aromatic carbocycles. The summed E-state index contributed by atoms with van der Waals surface area (Å²) >= 11 is 0. The summed E-state index contributed by atoms with van der Waals surface area (Å²) in [6, 6.07) is 0. The summed E-state index contributed by atoms with van der Waals surface area (Å²) in [5.74, 6) is -0.127. The molecule has 2 fully saturated rings. The number of amides is 2. The molecule has 2 aliphatic rings. The maximum atomic E-state index is 12.6. The van der Waals surface area contributed by atoms with Gasteiger partial charge in [-0.2, -0.15) is 0 Å². The summed E-state index contributed by atoms with van der Waals surface area (Å²) in [6.45, 7) is 7.73. The van der Waals surface area contributed by atoms with Crippen LogP contribution in [-0.4, -0.2) is 43.2 Å². The molecule has 3 unspecified atom stereocenters. The Kier molecular flexibility index (Phi) is 6.86. The molecule has 0 bridgehead atoms. The number of carbonyl (C=O) groups excluding carboxylic acids is 2. The van der Waals surface area contributed by atoms with E-state index in [9.17, 15) is 9.59 Å². The molecule has 1 aliphatic carbocycles. The molecule has 6 nitrogen and oxygen atoms in total. The van der Waals surface area contributed by atoms with Crippen molar-refractivity contribution < 1.29 is 14.3 Å². The van der Waals surface area contributed by atoms with Gasteiger partial charge in [-0.15, -0.1) is 12.4 Å². The van der Waals surface area contributed by atoms with E-state index in [4.69, 9.17) is 10.5 Å². The normalized spacial score (nSPS) is 31.1. The lowest BCUT2D eigenvalue weighted by Gasteiger charge is -2.65. The summed E-state index contributed by atoms with van der Waals surface area (Å²) in [4.78, 5) is 24.1. The van der Waals surface area contributed by atoms with E-state index in [1.165, 1.54) is 0 Å². The average Bonchev–Trinajstić information content (AvgIpc) is 2.51. The minimum atomic E-state index is -0.905. The quantitative estimate of drug-likeness (QED) is 0.667. The van der Waals surface area contributed by atoms with Gasteiger partial charge < -0.3 is 21.1 Å². The zero-order valence-electron chi connectivity index (χ0n) is 14.3. The topological polar surface area (TPSA) is 93.5 Å². The highest BCUT2D eigenvalue weighted by Gasteiger charge is 2.70. The molecule has 0 aromatic heterocycles. The van der Waals surface area contributed by atoms with E-state index in [-0.39, 0.29) is 48.1 Å². The highest BCUT2D eigenvalue weighted by Crippen LogP contribution is 2.57. The largest absolute Gasteiger partial charge is 0.377 e. The summed E-state index contributed by atoms with van der Waals surface area (Å²) < 4.78 is 5.80. The predicted octanol–water partition coefficient (Wildman–Crippen LogP) is 0.973. The van der Waals surface area contributed by atoms with Crippen LogP contribution in [0.2, 0.25) is 0 Å². The molecule has 1 heterocycles. The summed E-state index contributed by atoms with van der Waals surface area (Å²) in [7, 11) is 0. The lowest BCUT2D eigenvalue weighted by molar-refractivity contribution is -0.225. The zero-order valence-corrected chi connectivity index (χ0v) is 15.1. The number of halogens is 1. The van der Waals surface area contributed by atoms with Crippen molar-refractivity contribution in [3.63, 3.8) is 0 Å². The fourth-order valence-corrected chi connectivity index (χ4v) is 3.83. The van der Waals surface area contributed by atoms with Crippen molar-refractivity contribution in [1.82, 2.24) is 10.6 Å². The first-order chi connectivity index (χ1) is 10.4. The van der Waals surface area contributed by atoms with Gasteiger partial charge in [-0.3, -0.25) is 9.59 Å². The van der Waals surface area contributed by atoms with Crippen molar-refractivity contribution in [2.24, 2.45) is 17.1 Å². The molecule has 2 amide bonds. The van der Waals surface area contributed by atoms with Crippen molar-refractivity contribution >= 4 is 24.2 Å². The molecule has 0 spiro atoms. The van der Waals surface area contributed by atoms with Crippen LogP contribution in [0.25, 0.3) is 0 Å². The van der Waals surface area contributed by atoms with E-state index < -0.39 is 5.54 Å². The minimum absolute atomic E-state index is 0. The first-order valence-corrected chi connectivity index (χ1v) is 8.31. The van der Waals surface area contributed by atoms with E-state index in [1.54, 1.807) is 0 Å². The van der Waals surface area contributed by atoms with Gasteiger partial charge in [0, 0.05) is 37.5 Å². The molecule has 23 heavy (non-hydrogen) atoms. The van der Waals surface area contributed by atoms with Crippen LogP contribution in [0.3, 0.4) is 0 Å². The molecule has 1 aliphatic heterocycles. The van der Waals surface area contributed by atoms with Gasteiger partial charge in [-0.05, 0) is 19.3 Å². The highest BCUT2D eigenvalue weighted by atomic mass is 35.5. The Bertz CT molecular complexity index is 444. The Labute approximate surface area is 144 Å². The third kappa shape index (κ3) is 3.49. The molecule has 7 heteroatoms. The van der Waals surface area contributed by atoms with Crippen LogP contribution in [0.5, 0.6) is 0 Å². The van der Waals surface area contributed by atoms with Crippen molar-refractivity contribution in [1.29, 1.82) is 0 Å². The summed E-state index contributed by atoms with van der Waals surface area (Å²) in [6.07, 6.45) is 3.12.